The number of allylic oxidation sites excluding steroid dienone is 2. The van der Waals surface area contributed by atoms with Crippen molar-refractivity contribution in [2.24, 2.45) is 16.6 Å². The lowest BCUT2D eigenvalue weighted by Crippen LogP contribution is -2.58. The van der Waals surface area contributed by atoms with Gasteiger partial charge in [0.05, 0.1) is 23.2 Å². The fourth-order valence-electron chi connectivity index (χ4n) is 4.89. The van der Waals surface area contributed by atoms with E-state index in [2.05, 4.69) is 11.6 Å². The molecule has 7 nitrogen and oxygen atoms in total. The highest BCUT2D eigenvalue weighted by Crippen LogP contribution is 2.46. The summed E-state index contributed by atoms with van der Waals surface area (Å²) in [7, 11) is 0. The number of rotatable bonds is 5. The first kappa shape index (κ1) is 23.1. The normalized spacial score (nSPS) is 24.3. The minimum Gasteiger partial charge on any atom is -0.390 e. The Kier molecular flexibility index (Phi) is 5.63. The number of fused-ring (bicyclic) bond motifs is 1. The van der Waals surface area contributed by atoms with Crippen LogP contribution in [0.1, 0.15) is 44.4 Å². The standard InChI is InChI=1S/C28H30N6O/c1-18(2)9-14-23-31-15-22-26(34(23)30)33-25(24(32-22)19-7-5-4-6-8-19)20-10-12-21(13-11-20)28(29)16-27(3,35)17-28/h4-8,10-15,35H,1,9,16-17,29-30H2,2-3H3/b23-14-. The Morgan fingerprint density at radius 3 is 2.31 bits per heavy atom. The minimum absolute atomic E-state index is 0.515. The van der Waals surface area contributed by atoms with Crippen LogP contribution < -0.4 is 16.6 Å². The van der Waals surface area contributed by atoms with E-state index in [1.807, 2.05) is 74.5 Å². The summed E-state index contributed by atoms with van der Waals surface area (Å²) >= 11 is 0. The van der Waals surface area contributed by atoms with E-state index in [1.165, 1.54) is 5.01 Å². The molecule has 0 unspecified atom stereocenters. The Bertz CT molecular complexity index is 1330. The highest BCUT2D eigenvalue weighted by Gasteiger charge is 2.49. The van der Waals surface area contributed by atoms with Crippen LogP contribution >= 0.6 is 0 Å². The molecule has 2 aromatic carbocycles. The molecule has 7 heteroatoms. The molecule has 5 N–H and O–H groups in total. The number of hydrazine groups is 1. The van der Waals surface area contributed by atoms with E-state index in [1.54, 1.807) is 6.21 Å². The molecule has 1 aromatic heterocycles. The summed E-state index contributed by atoms with van der Waals surface area (Å²) in [5.41, 5.74) is 11.3. The van der Waals surface area contributed by atoms with Gasteiger partial charge in [0.15, 0.2) is 5.82 Å². The Morgan fingerprint density at radius 1 is 1.06 bits per heavy atom. The second kappa shape index (κ2) is 8.53. The molecular formula is C28H30N6O. The molecular weight excluding hydrogens is 436 g/mol. The average Bonchev–Trinajstić information content (AvgIpc) is 2.82. The van der Waals surface area contributed by atoms with E-state index in [0.717, 1.165) is 33.7 Å². The van der Waals surface area contributed by atoms with Crippen molar-refractivity contribution in [3.05, 3.63) is 89.9 Å². The van der Waals surface area contributed by atoms with Crippen molar-refractivity contribution in [3.63, 3.8) is 0 Å². The molecule has 1 aliphatic carbocycles. The molecule has 0 saturated heterocycles. The Morgan fingerprint density at radius 2 is 1.69 bits per heavy atom. The molecule has 1 saturated carbocycles. The van der Waals surface area contributed by atoms with Gasteiger partial charge in [-0.2, -0.15) is 0 Å². The van der Waals surface area contributed by atoms with E-state index in [0.29, 0.717) is 36.6 Å². The van der Waals surface area contributed by atoms with Crippen LogP contribution in [0.3, 0.4) is 0 Å². The van der Waals surface area contributed by atoms with Gasteiger partial charge >= 0.3 is 0 Å². The van der Waals surface area contributed by atoms with Crippen LogP contribution in [0.5, 0.6) is 0 Å². The predicted molar refractivity (Wildman–Crippen MR) is 140 cm³/mol. The monoisotopic (exact) mass is 466 g/mol. The number of aliphatic imine (C=N–C) groups is 1. The predicted octanol–water partition coefficient (Wildman–Crippen LogP) is 4.43. The first-order valence-corrected chi connectivity index (χ1v) is 11.7. The van der Waals surface area contributed by atoms with Gasteiger partial charge in [-0.15, -0.1) is 0 Å². The van der Waals surface area contributed by atoms with Crippen molar-refractivity contribution in [2.75, 3.05) is 5.01 Å². The van der Waals surface area contributed by atoms with Gasteiger partial charge < -0.3 is 10.8 Å². The van der Waals surface area contributed by atoms with Crippen molar-refractivity contribution in [1.82, 2.24) is 9.97 Å². The maximum Gasteiger partial charge on any atom is 0.177 e. The third-order valence-electron chi connectivity index (χ3n) is 6.50. The molecule has 35 heavy (non-hydrogen) atoms. The molecule has 5 rings (SSSR count). The molecule has 178 valence electrons. The lowest BCUT2D eigenvalue weighted by Gasteiger charge is -2.49. The molecule has 1 aliphatic heterocycles. The number of aromatic nitrogens is 2. The largest absolute Gasteiger partial charge is 0.390 e. The zero-order chi connectivity index (χ0) is 24.8. The summed E-state index contributed by atoms with van der Waals surface area (Å²) in [4.78, 5) is 14.4. The third-order valence-corrected chi connectivity index (χ3v) is 6.50. The van der Waals surface area contributed by atoms with Crippen molar-refractivity contribution < 1.29 is 5.11 Å². The van der Waals surface area contributed by atoms with Gasteiger partial charge in [-0.25, -0.2) is 25.8 Å². The van der Waals surface area contributed by atoms with Crippen molar-refractivity contribution in [1.29, 1.82) is 0 Å². The van der Waals surface area contributed by atoms with Gasteiger partial charge in [-0.3, -0.25) is 0 Å². The van der Waals surface area contributed by atoms with E-state index < -0.39 is 11.1 Å². The number of nitrogens with two attached hydrogens (primary N) is 2. The molecule has 3 aromatic rings. The topological polar surface area (TPSA) is 114 Å². The van der Waals surface area contributed by atoms with Crippen LogP contribution in [0.4, 0.5) is 5.82 Å². The molecule has 2 heterocycles. The van der Waals surface area contributed by atoms with Crippen LogP contribution in [0.15, 0.2) is 83.6 Å². The third kappa shape index (κ3) is 4.41. The summed E-state index contributed by atoms with van der Waals surface area (Å²) in [6, 6.07) is 18.0. The summed E-state index contributed by atoms with van der Waals surface area (Å²) in [5.74, 6) is 7.57. The Balaban J connectivity index is 1.58. The second-order valence-electron chi connectivity index (χ2n) is 9.93. The average molecular weight is 467 g/mol. The quantitative estimate of drug-likeness (QED) is 0.379. The first-order chi connectivity index (χ1) is 16.7. The van der Waals surface area contributed by atoms with Crippen LogP contribution in [0, 0.1) is 0 Å². The van der Waals surface area contributed by atoms with Crippen LogP contribution in [0.2, 0.25) is 0 Å². The number of hydrogen-bond acceptors (Lipinski definition) is 7. The number of anilines is 1. The number of aliphatic hydroxyl groups is 1. The van der Waals surface area contributed by atoms with Gasteiger partial charge in [-0.05, 0) is 44.7 Å². The Hall–Kier alpha value is -3.65. The number of hydrogen-bond donors (Lipinski definition) is 3. The molecule has 0 radical (unpaired) electrons. The lowest BCUT2D eigenvalue weighted by molar-refractivity contribution is -0.0738. The van der Waals surface area contributed by atoms with E-state index in [-0.39, 0.29) is 0 Å². The zero-order valence-electron chi connectivity index (χ0n) is 20.1. The Labute approximate surface area is 205 Å². The van der Waals surface area contributed by atoms with Crippen LogP contribution in [0.25, 0.3) is 22.5 Å². The molecule has 0 bridgehead atoms. The molecule has 0 atom stereocenters. The number of nitrogens with zero attached hydrogens (tertiary/aromatic N) is 4. The fraction of sp³-hybridized carbons (Fsp3) is 0.250. The van der Waals surface area contributed by atoms with Crippen molar-refractivity contribution in [3.8, 4) is 22.5 Å². The van der Waals surface area contributed by atoms with E-state index >= 15 is 0 Å². The molecule has 2 aliphatic rings. The van der Waals surface area contributed by atoms with Crippen molar-refractivity contribution in [2.45, 2.75) is 44.2 Å². The van der Waals surface area contributed by atoms with Gasteiger partial charge in [0, 0.05) is 16.7 Å². The minimum atomic E-state index is -0.709. The highest BCUT2D eigenvalue weighted by molar-refractivity contribution is 5.91. The van der Waals surface area contributed by atoms with Gasteiger partial charge in [0.1, 0.15) is 11.5 Å². The van der Waals surface area contributed by atoms with Crippen molar-refractivity contribution >= 4 is 12.0 Å². The smallest absolute Gasteiger partial charge is 0.177 e. The van der Waals surface area contributed by atoms with Gasteiger partial charge in [0.2, 0.25) is 0 Å². The summed E-state index contributed by atoms with van der Waals surface area (Å²) < 4.78 is 0. The first-order valence-electron chi connectivity index (χ1n) is 11.7. The maximum absolute atomic E-state index is 10.2. The molecule has 0 amide bonds. The van der Waals surface area contributed by atoms with Crippen LogP contribution in [-0.2, 0) is 5.54 Å². The number of benzene rings is 2. The fourth-order valence-corrected chi connectivity index (χ4v) is 4.89. The van der Waals surface area contributed by atoms with Gasteiger partial charge in [-0.1, -0.05) is 66.7 Å². The van der Waals surface area contributed by atoms with E-state index in [4.69, 9.17) is 21.5 Å². The molecule has 0 spiro atoms. The summed E-state index contributed by atoms with van der Waals surface area (Å²) in [5, 5.41) is 11.7. The zero-order valence-corrected chi connectivity index (χ0v) is 20.1. The summed E-state index contributed by atoms with van der Waals surface area (Å²) in [6.07, 6.45) is 5.38. The highest BCUT2D eigenvalue weighted by atomic mass is 16.3. The van der Waals surface area contributed by atoms with Gasteiger partial charge in [0.25, 0.3) is 0 Å². The van der Waals surface area contributed by atoms with Crippen LogP contribution in [-0.4, -0.2) is 26.9 Å². The SMILES string of the molecule is C=C(C)C/C=C1/N=Cc2nc(-c3ccccc3)c(-c3ccc(C4(N)CC(C)(O)C4)cc3)nc2N1N. The molecule has 1 fully saturated rings. The second-order valence-corrected chi connectivity index (χ2v) is 9.93. The summed E-state index contributed by atoms with van der Waals surface area (Å²) in [6.45, 7) is 7.73. The van der Waals surface area contributed by atoms with E-state index in [9.17, 15) is 5.11 Å². The maximum atomic E-state index is 10.2. The lowest BCUT2D eigenvalue weighted by atomic mass is 9.63.